The van der Waals surface area contributed by atoms with Gasteiger partial charge in [0.05, 0.1) is 11.1 Å². The zero-order valence-corrected chi connectivity index (χ0v) is 17.1. The van der Waals surface area contributed by atoms with Crippen molar-refractivity contribution in [2.75, 3.05) is 6.61 Å². The predicted molar refractivity (Wildman–Crippen MR) is 110 cm³/mol. The Morgan fingerprint density at radius 1 is 1.04 bits per heavy atom. The standard InChI is InChI=1S/C21H25BrN2O3/c1-2-3-5-10-20(25)23-24-21(26)17-11-12-19(18(22)15-17)27-14-13-16-8-6-4-7-9-16/h4,6-9,11-12,15H,2-3,5,10,13-14H2,1H3,(H,23,25)(H,24,26). The van der Waals surface area contributed by atoms with Gasteiger partial charge in [0.2, 0.25) is 5.91 Å². The molecule has 0 aliphatic carbocycles. The Hall–Kier alpha value is -2.34. The van der Waals surface area contributed by atoms with Gasteiger partial charge >= 0.3 is 0 Å². The van der Waals surface area contributed by atoms with Crippen molar-refractivity contribution >= 4 is 27.7 Å². The molecular weight excluding hydrogens is 408 g/mol. The van der Waals surface area contributed by atoms with Crippen LogP contribution in [0.2, 0.25) is 0 Å². The lowest BCUT2D eigenvalue weighted by atomic mass is 10.2. The first-order valence-corrected chi connectivity index (χ1v) is 9.95. The molecule has 2 aromatic carbocycles. The number of ether oxygens (including phenoxy) is 1. The molecule has 2 rings (SSSR count). The van der Waals surface area contributed by atoms with Crippen LogP contribution in [0.15, 0.2) is 53.0 Å². The van der Waals surface area contributed by atoms with Crippen LogP contribution in [0.3, 0.4) is 0 Å². The second-order valence-corrected chi connectivity index (χ2v) is 7.04. The molecule has 5 nitrogen and oxygen atoms in total. The number of amides is 2. The van der Waals surface area contributed by atoms with E-state index >= 15 is 0 Å². The average molecular weight is 433 g/mol. The van der Waals surface area contributed by atoms with Gasteiger partial charge in [-0.3, -0.25) is 20.4 Å². The van der Waals surface area contributed by atoms with Crippen molar-refractivity contribution in [2.24, 2.45) is 0 Å². The maximum absolute atomic E-state index is 12.2. The third-order valence-corrected chi connectivity index (χ3v) is 4.63. The molecule has 0 spiro atoms. The molecule has 0 bridgehead atoms. The minimum atomic E-state index is -0.365. The fourth-order valence-electron chi connectivity index (χ4n) is 2.48. The first-order chi connectivity index (χ1) is 13.1. The van der Waals surface area contributed by atoms with Crippen LogP contribution in [-0.4, -0.2) is 18.4 Å². The van der Waals surface area contributed by atoms with E-state index in [-0.39, 0.29) is 11.8 Å². The summed E-state index contributed by atoms with van der Waals surface area (Å²) < 4.78 is 6.47. The van der Waals surface area contributed by atoms with Crippen molar-refractivity contribution in [3.8, 4) is 5.75 Å². The van der Waals surface area contributed by atoms with Crippen molar-refractivity contribution in [2.45, 2.75) is 39.0 Å². The van der Waals surface area contributed by atoms with E-state index in [2.05, 4.69) is 45.8 Å². The number of hydrogen-bond donors (Lipinski definition) is 2. The van der Waals surface area contributed by atoms with Gasteiger partial charge in [-0.15, -0.1) is 0 Å². The Kier molecular flexibility index (Phi) is 8.84. The van der Waals surface area contributed by atoms with Crippen molar-refractivity contribution in [3.05, 3.63) is 64.1 Å². The molecule has 0 aliphatic heterocycles. The van der Waals surface area contributed by atoms with Gasteiger partial charge in [0, 0.05) is 18.4 Å². The molecule has 0 aliphatic rings. The minimum Gasteiger partial charge on any atom is -0.492 e. The normalized spacial score (nSPS) is 10.3. The Morgan fingerprint density at radius 2 is 1.81 bits per heavy atom. The number of hydrazine groups is 1. The molecule has 27 heavy (non-hydrogen) atoms. The van der Waals surface area contributed by atoms with E-state index in [0.717, 1.165) is 25.7 Å². The smallest absolute Gasteiger partial charge is 0.269 e. The van der Waals surface area contributed by atoms with Crippen molar-refractivity contribution < 1.29 is 14.3 Å². The molecule has 2 aromatic rings. The van der Waals surface area contributed by atoms with Gasteiger partial charge in [0.25, 0.3) is 5.91 Å². The highest BCUT2D eigenvalue weighted by atomic mass is 79.9. The third-order valence-electron chi connectivity index (χ3n) is 4.01. The first-order valence-electron chi connectivity index (χ1n) is 9.15. The molecule has 2 amide bonds. The van der Waals surface area contributed by atoms with Gasteiger partial charge in [-0.2, -0.15) is 0 Å². The summed E-state index contributed by atoms with van der Waals surface area (Å²) in [7, 11) is 0. The minimum absolute atomic E-state index is 0.184. The number of rotatable bonds is 9. The highest BCUT2D eigenvalue weighted by Gasteiger charge is 2.10. The van der Waals surface area contributed by atoms with Gasteiger partial charge in [-0.05, 0) is 46.1 Å². The van der Waals surface area contributed by atoms with E-state index < -0.39 is 0 Å². The Morgan fingerprint density at radius 3 is 2.52 bits per heavy atom. The SMILES string of the molecule is CCCCCC(=O)NNC(=O)c1ccc(OCCc2ccccc2)c(Br)c1. The third kappa shape index (κ3) is 7.43. The van der Waals surface area contributed by atoms with Crippen LogP contribution in [0.1, 0.15) is 48.5 Å². The van der Waals surface area contributed by atoms with Gasteiger partial charge < -0.3 is 4.74 Å². The molecule has 6 heteroatoms. The van der Waals surface area contributed by atoms with Crippen LogP contribution >= 0.6 is 15.9 Å². The van der Waals surface area contributed by atoms with Gasteiger partial charge in [0.1, 0.15) is 5.75 Å². The fraction of sp³-hybridized carbons (Fsp3) is 0.333. The Labute approximate surface area is 168 Å². The van der Waals surface area contributed by atoms with Crippen molar-refractivity contribution in [3.63, 3.8) is 0 Å². The summed E-state index contributed by atoms with van der Waals surface area (Å²) in [5.41, 5.74) is 6.52. The summed E-state index contributed by atoms with van der Waals surface area (Å²) in [5, 5.41) is 0. The molecule has 0 fully saturated rings. The van der Waals surface area contributed by atoms with E-state index in [1.165, 1.54) is 5.56 Å². The van der Waals surface area contributed by atoms with E-state index in [1.807, 2.05) is 18.2 Å². The van der Waals surface area contributed by atoms with Crippen LogP contribution in [-0.2, 0) is 11.2 Å². The summed E-state index contributed by atoms with van der Waals surface area (Å²) in [6.45, 7) is 2.62. The van der Waals surface area contributed by atoms with Crippen LogP contribution in [0.5, 0.6) is 5.75 Å². The topological polar surface area (TPSA) is 67.4 Å². The van der Waals surface area contributed by atoms with Crippen molar-refractivity contribution in [1.29, 1.82) is 0 Å². The summed E-state index contributed by atoms with van der Waals surface area (Å²) in [4.78, 5) is 23.8. The Bertz CT molecular complexity index is 750. The van der Waals surface area contributed by atoms with Crippen molar-refractivity contribution in [1.82, 2.24) is 10.9 Å². The Balaban J connectivity index is 1.80. The van der Waals surface area contributed by atoms with E-state index in [4.69, 9.17) is 4.74 Å². The fourth-order valence-corrected chi connectivity index (χ4v) is 2.97. The van der Waals surface area contributed by atoms with Crippen LogP contribution in [0.4, 0.5) is 0 Å². The van der Waals surface area contributed by atoms with Crippen LogP contribution in [0, 0.1) is 0 Å². The average Bonchev–Trinajstić information content (AvgIpc) is 2.68. The molecule has 0 radical (unpaired) electrons. The van der Waals surface area contributed by atoms with E-state index in [0.29, 0.717) is 28.8 Å². The van der Waals surface area contributed by atoms with E-state index in [1.54, 1.807) is 18.2 Å². The molecule has 0 atom stereocenters. The molecule has 0 aromatic heterocycles. The van der Waals surface area contributed by atoms with E-state index in [9.17, 15) is 9.59 Å². The number of nitrogens with one attached hydrogen (secondary N) is 2. The van der Waals surface area contributed by atoms with Crippen LogP contribution in [0.25, 0.3) is 0 Å². The summed E-state index contributed by atoms with van der Waals surface area (Å²) >= 11 is 3.43. The van der Waals surface area contributed by atoms with Gasteiger partial charge in [-0.1, -0.05) is 50.1 Å². The molecule has 0 saturated carbocycles. The number of carbonyl (C=O) groups is 2. The molecule has 144 valence electrons. The lowest BCUT2D eigenvalue weighted by Gasteiger charge is -2.11. The van der Waals surface area contributed by atoms with Gasteiger partial charge in [-0.25, -0.2) is 0 Å². The predicted octanol–water partition coefficient (Wildman–Crippen LogP) is 4.41. The number of halogens is 1. The number of unbranched alkanes of at least 4 members (excludes halogenated alkanes) is 2. The largest absolute Gasteiger partial charge is 0.492 e. The highest BCUT2D eigenvalue weighted by molar-refractivity contribution is 9.10. The molecule has 0 unspecified atom stereocenters. The van der Waals surface area contributed by atoms with Gasteiger partial charge in [0.15, 0.2) is 0 Å². The summed E-state index contributed by atoms with van der Waals surface area (Å²) in [6, 6.07) is 15.2. The number of hydrogen-bond acceptors (Lipinski definition) is 3. The lowest BCUT2D eigenvalue weighted by Crippen LogP contribution is -2.41. The molecular formula is C21H25BrN2O3. The monoisotopic (exact) mass is 432 g/mol. The zero-order valence-electron chi connectivity index (χ0n) is 15.5. The highest BCUT2D eigenvalue weighted by Crippen LogP contribution is 2.26. The lowest BCUT2D eigenvalue weighted by molar-refractivity contribution is -0.121. The second-order valence-electron chi connectivity index (χ2n) is 6.19. The summed E-state index contributed by atoms with van der Waals surface area (Å²) in [5.74, 6) is 0.123. The maximum atomic E-state index is 12.2. The second kappa shape index (κ2) is 11.4. The zero-order chi connectivity index (χ0) is 19.5. The summed E-state index contributed by atoms with van der Waals surface area (Å²) in [6.07, 6.45) is 4.08. The molecule has 0 saturated heterocycles. The molecule has 2 N–H and O–H groups in total. The maximum Gasteiger partial charge on any atom is 0.269 e. The first kappa shape index (κ1) is 21.0. The quantitative estimate of drug-likeness (QED) is 0.455. The molecule has 0 heterocycles. The van der Waals surface area contributed by atoms with Crippen LogP contribution < -0.4 is 15.6 Å². The number of benzene rings is 2. The number of carbonyl (C=O) groups excluding carboxylic acids is 2.